The Morgan fingerprint density at radius 1 is 1.22 bits per heavy atom. The van der Waals surface area contributed by atoms with Crippen molar-refractivity contribution in [2.75, 3.05) is 19.6 Å². The molecule has 0 radical (unpaired) electrons. The van der Waals surface area contributed by atoms with Crippen LogP contribution in [0.1, 0.15) is 39.5 Å². The molecule has 18 heavy (non-hydrogen) atoms. The number of hydrogen-bond donors (Lipinski definition) is 1. The molecular weight excluding hydrogens is 232 g/mol. The molecule has 0 saturated carbocycles. The molecule has 2 fully saturated rings. The Balaban J connectivity index is 2.06. The third kappa shape index (κ3) is 2.18. The van der Waals surface area contributed by atoms with Gasteiger partial charge in [0.15, 0.2) is 0 Å². The second kappa shape index (κ2) is 4.78. The molecule has 2 heterocycles. The first kappa shape index (κ1) is 13.2. The van der Waals surface area contributed by atoms with Crippen LogP contribution in [-0.2, 0) is 4.79 Å². The number of carboxylic acids is 1. The Labute approximate surface area is 108 Å². The molecule has 2 aliphatic heterocycles. The van der Waals surface area contributed by atoms with Crippen LogP contribution >= 0.6 is 0 Å². The molecule has 2 saturated heterocycles. The first-order valence-electron chi connectivity index (χ1n) is 6.75. The van der Waals surface area contributed by atoms with Crippen LogP contribution in [0.4, 0.5) is 4.79 Å². The van der Waals surface area contributed by atoms with Gasteiger partial charge in [-0.15, -0.1) is 0 Å². The molecule has 0 aromatic rings. The molecule has 2 aliphatic rings. The summed E-state index contributed by atoms with van der Waals surface area (Å²) >= 11 is 0. The Morgan fingerprint density at radius 3 is 2.39 bits per heavy atom. The Bertz CT molecular complexity index is 350. The fraction of sp³-hybridized carbons (Fsp3) is 0.846. The van der Waals surface area contributed by atoms with Crippen molar-refractivity contribution < 1.29 is 14.7 Å². The molecule has 0 aromatic heterocycles. The zero-order valence-electron chi connectivity index (χ0n) is 11.2. The van der Waals surface area contributed by atoms with E-state index < -0.39 is 11.5 Å². The van der Waals surface area contributed by atoms with E-state index in [9.17, 15) is 14.7 Å². The van der Waals surface area contributed by atoms with Gasteiger partial charge in [-0.05, 0) is 38.5 Å². The highest BCUT2D eigenvalue weighted by atomic mass is 16.4. The number of likely N-dealkylation sites (tertiary alicyclic amines) is 2. The van der Waals surface area contributed by atoms with Gasteiger partial charge in [0, 0.05) is 19.6 Å². The van der Waals surface area contributed by atoms with Crippen molar-refractivity contribution in [3.63, 3.8) is 0 Å². The predicted molar refractivity (Wildman–Crippen MR) is 67.3 cm³/mol. The van der Waals surface area contributed by atoms with Crippen LogP contribution in [0.2, 0.25) is 0 Å². The zero-order valence-corrected chi connectivity index (χ0v) is 11.2. The number of carbonyl (C=O) groups is 2. The molecule has 102 valence electrons. The van der Waals surface area contributed by atoms with Gasteiger partial charge in [-0.3, -0.25) is 0 Å². The lowest BCUT2D eigenvalue weighted by atomic mass is 9.98. The number of hydrogen-bond acceptors (Lipinski definition) is 2. The number of nitrogens with zero attached hydrogens (tertiary/aromatic N) is 2. The van der Waals surface area contributed by atoms with E-state index in [2.05, 4.69) is 6.92 Å². The van der Waals surface area contributed by atoms with Gasteiger partial charge in [0.1, 0.15) is 5.54 Å². The Kier molecular flexibility index (Phi) is 3.50. The molecule has 0 aliphatic carbocycles. The maximum absolute atomic E-state index is 12.4. The normalized spacial score (nSPS) is 29.7. The standard InChI is InChI=1S/C13H22N2O3/c1-10-4-8-14(9-5-10)12(18)15-7-3-6-13(15,2)11(16)17/h10H,3-9H2,1-2H3,(H,16,17). The first-order chi connectivity index (χ1) is 8.45. The number of amides is 2. The molecule has 2 amide bonds. The molecule has 1 atom stereocenters. The number of piperidine rings is 1. The van der Waals surface area contributed by atoms with E-state index in [1.807, 2.05) is 4.90 Å². The monoisotopic (exact) mass is 254 g/mol. The van der Waals surface area contributed by atoms with Crippen LogP contribution in [0, 0.1) is 5.92 Å². The summed E-state index contributed by atoms with van der Waals surface area (Å²) in [6.07, 6.45) is 3.36. The largest absolute Gasteiger partial charge is 0.480 e. The van der Waals surface area contributed by atoms with Crippen molar-refractivity contribution in [2.45, 2.75) is 45.1 Å². The van der Waals surface area contributed by atoms with Crippen LogP contribution in [-0.4, -0.2) is 52.1 Å². The van der Waals surface area contributed by atoms with E-state index >= 15 is 0 Å². The summed E-state index contributed by atoms with van der Waals surface area (Å²) in [6, 6.07) is -0.0932. The van der Waals surface area contributed by atoms with Gasteiger partial charge < -0.3 is 14.9 Å². The van der Waals surface area contributed by atoms with E-state index in [1.165, 1.54) is 0 Å². The van der Waals surface area contributed by atoms with Gasteiger partial charge in [-0.25, -0.2) is 9.59 Å². The van der Waals surface area contributed by atoms with Gasteiger partial charge in [0.25, 0.3) is 0 Å². The molecule has 1 unspecified atom stereocenters. The van der Waals surface area contributed by atoms with E-state index in [0.717, 1.165) is 32.4 Å². The molecule has 0 aromatic carbocycles. The van der Waals surface area contributed by atoms with Crippen LogP contribution in [0.15, 0.2) is 0 Å². The summed E-state index contributed by atoms with van der Waals surface area (Å²) < 4.78 is 0. The van der Waals surface area contributed by atoms with Gasteiger partial charge in [-0.1, -0.05) is 6.92 Å². The van der Waals surface area contributed by atoms with Crippen molar-refractivity contribution in [2.24, 2.45) is 5.92 Å². The minimum absolute atomic E-state index is 0.0932. The third-order valence-corrected chi connectivity index (χ3v) is 4.39. The first-order valence-corrected chi connectivity index (χ1v) is 6.75. The minimum Gasteiger partial charge on any atom is -0.480 e. The van der Waals surface area contributed by atoms with Crippen LogP contribution in [0.5, 0.6) is 0 Å². The van der Waals surface area contributed by atoms with Gasteiger partial charge in [-0.2, -0.15) is 0 Å². The summed E-state index contributed by atoms with van der Waals surface area (Å²) in [6.45, 7) is 5.93. The van der Waals surface area contributed by atoms with Gasteiger partial charge in [0.05, 0.1) is 0 Å². The van der Waals surface area contributed by atoms with Gasteiger partial charge >= 0.3 is 12.0 Å². The summed E-state index contributed by atoms with van der Waals surface area (Å²) in [7, 11) is 0. The van der Waals surface area contributed by atoms with E-state index in [-0.39, 0.29) is 6.03 Å². The lowest BCUT2D eigenvalue weighted by molar-refractivity contribution is -0.147. The molecular formula is C13H22N2O3. The highest BCUT2D eigenvalue weighted by molar-refractivity contribution is 5.86. The van der Waals surface area contributed by atoms with E-state index in [0.29, 0.717) is 18.9 Å². The SMILES string of the molecule is CC1CCN(C(=O)N2CCCC2(C)C(=O)O)CC1. The second-order valence-corrected chi connectivity index (χ2v) is 5.79. The quantitative estimate of drug-likeness (QED) is 0.776. The number of carbonyl (C=O) groups excluding carboxylic acids is 1. The smallest absolute Gasteiger partial charge is 0.329 e. The van der Waals surface area contributed by atoms with Gasteiger partial charge in [0.2, 0.25) is 0 Å². The summed E-state index contributed by atoms with van der Waals surface area (Å²) in [5.74, 6) is -0.225. The van der Waals surface area contributed by atoms with Crippen molar-refractivity contribution in [1.29, 1.82) is 0 Å². The zero-order chi connectivity index (χ0) is 13.3. The molecule has 0 spiro atoms. The predicted octanol–water partition coefficient (Wildman–Crippen LogP) is 1.78. The second-order valence-electron chi connectivity index (χ2n) is 5.79. The maximum Gasteiger partial charge on any atom is 0.329 e. The topological polar surface area (TPSA) is 60.9 Å². The lowest BCUT2D eigenvalue weighted by Crippen LogP contribution is -2.56. The summed E-state index contributed by atoms with van der Waals surface area (Å²) in [5.41, 5.74) is -1.01. The lowest BCUT2D eigenvalue weighted by Gasteiger charge is -2.38. The van der Waals surface area contributed by atoms with Crippen molar-refractivity contribution in [3.8, 4) is 0 Å². The highest BCUT2D eigenvalue weighted by Crippen LogP contribution is 2.31. The van der Waals surface area contributed by atoms with Crippen molar-refractivity contribution >= 4 is 12.0 Å². The number of carboxylic acid groups (broad SMARTS) is 1. The molecule has 1 N–H and O–H groups in total. The minimum atomic E-state index is -1.01. The van der Waals surface area contributed by atoms with Crippen LogP contribution in [0.3, 0.4) is 0 Å². The Morgan fingerprint density at radius 2 is 1.83 bits per heavy atom. The summed E-state index contributed by atoms with van der Waals surface area (Å²) in [4.78, 5) is 27.1. The molecule has 5 nitrogen and oxygen atoms in total. The van der Waals surface area contributed by atoms with E-state index in [1.54, 1.807) is 11.8 Å². The average molecular weight is 254 g/mol. The molecule has 0 bridgehead atoms. The fourth-order valence-corrected chi connectivity index (χ4v) is 2.86. The maximum atomic E-state index is 12.4. The third-order valence-electron chi connectivity index (χ3n) is 4.39. The fourth-order valence-electron chi connectivity index (χ4n) is 2.86. The molecule has 2 rings (SSSR count). The number of aliphatic carboxylic acids is 1. The number of rotatable bonds is 1. The number of urea groups is 1. The van der Waals surface area contributed by atoms with Crippen LogP contribution in [0.25, 0.3) is 0 Å². The van der Waals surface area contributed by atoms with Crippen molar-refractivity contribution in [1.82, 2.24) is 9.80 Å². The summed E-state index contributed by atoms with van der Waals surface area (Å²) in [5, 5.41) is 9.32. The molecule has 5 heteroatoms. The van der Waals surface area contributed by atoms with Crippen LogP contribution < -0.4 is 0 Å². The average Bonchev–Trinajstić information content (AvgIpc) is 2.73. The highest BCUT2D eigenvalue weighted by Gasteiger charge is 2.47. The van der Waals surface area contributed by atoms with E-state index in [4.69, 9.17) is 0 Å². The Hall–Kier alpha value is -1.26. The van der Waals surface area contributed by atoms with Crippen molar-refractivity contribution in [3.05, 3.63) is 0 Å².